The minimum atomic E-state index is -4.64. The molecule has 0 aliphatic carbocycles. The lowest BCUT2D eigenvalue weighted by Crippen LogP contribution is -1.91. The normalized spacial score (nSPS) is 9.20. The molecule has 0 spiro atoms. The Hall–Kier alpha value is -0.620. The minimum Gasteiger partial charge on any atom is -0.450 e. The van der Waals surface area contributed by atoms with Gasteiger partial charge in [0.05, 0.1) is 7.11 Å². The van der Waals surface area contributed by atoms with Gasteiger partial charge in [0.2, 0.25) is 0 Å². The molecule has 0 aromatic rings. The average Bonchev–Trinajstić information content (AvgIpc) is 1.61. The number of carboxylic acid groups (broad SMARTS) is 1. The van der Waals surface area contributed by atoms with Gasteiger partial charge in [-0.05, 0) is 0 Å². The van der Waals surface area contributed by atoms with Gasteiger partial charge in [0, 0.05) is 0 Å². The highest BCUT2D eigenvalue weighted by atomic mass is 31.2. The standard InChI is InChI=1S/C2H4O3.H3O4P/c1-5-2(3)4;1-5(2,3)4/h1H3,(H,3,4);(H3,1,2,3,4). The number of phosphoric acid groups is 1. The van der Waals surface area contributed by atoms with E-state index in [0.717, 1.165) is 7.11 Å². The molecule has 0 aliphatic heterocycles. The van der Waals surface area contributed by atoms with Gasteiger partial charge in [-0.3, -0.25) is 0 Å². The van der Waals surface area contributed by atoms with Gasteiger partial charge in [0.15, 0.2) is 0 Å². The van der Waals surface area contributed by atoms with Crippen LogP contribution in [0.25, 0.3) is 0 Å². The second kappa shape index (κ2) is 5.19. The molecule has 10 heavy (non-hydrogen) atoms. The molecule has 0 unspecified atom stereocenters. The van der Waals surface area contributed by atoms with E-state index in [1.807, 2.05) is 0 Å². The third kappa shape index (κ3) is 158. The number of hydrogen-bond acceptors (Lipinski definition) is 3. The minimum absolute atomic E-state index is 1.10. The van der Waals surface area contributed by atoms with E-state index in [9.17, 15) is 0 Å². The molecule has 0 atom stereocenters. The Morgan fingerprint density at radius 3 is 1.50 bits per heavy atom. The maximum atomic E-state index is 9.15. The zero-order chi connectivity index (χ0) is 8.78. The van der Waals surface area contributed by atoms with Crippen LogP contribution in [0.1, 0.15) is 0 Å². The van der Waals surface area contributed by atoms with Gasteiger partial charge in [-0.25, -0.2) is 9.36 Å². The van der Waals surface area contributed by atoms with Gasteiger partial charge in [0.25, 0.3) is 0 Å². The van der Waals surface area contributed by atoms with E-state index in [-0.39, 0.29) is 0 Å². The Kier molecular flexibility index (Phi) is 6.27. The topological polar surface area (TPSA) is 124 Å². The fourth-order valence-corrected chi connectivity index (χ4v) is 0. The van der Waals surface area contributed by atoms with Crippen LogP contribution in [0.2, 0.25) is 0 Å². The third-order valence-electron chi connectivity index (χ3n) is 0.175. The number of rotatable bonds is 0. The SMILES string of the molecule is COC(=O)O.O=P(O)(O)O. The molecule has 0 bridgehead atoms. The second-order valence-electron chi connectivity index (χ2n) is 0.983. The van der Waals surface area contributed by atoms with Crippen LogP contribution in [0.5, 0.6) is 0 Å². The largest absolute Gasteiger partial charge is 0.505 e. The summed E-state index contributed by atoms with van der Waals surface area (Å²) in [4.78, 5) is 30.7. The van der Waals surface area contributed by atoms with Crippen LogP contribution in [0.15, 0.2) is 0 Å². The zero-order valence-electron chi connectivity index (χ0n) is 4.96. The number of ether oxygens (including phenoxy) is 1. The van der Waals surface area contributed by atoms with E-state index in [0.29, 0.717) is 0 Å². The highest BCUT2D eigenvalue weighted by molar-refractivity contribution is 7.45. The Bertz CT molecular complexity index is 126. The van der Waals surface area contributed by atoms with Crippen molar-refractivity contribution < 1.29 is 33.9 Å². The second-order valence-corrected chi connectivity index (χ2v) is 2.01. The van der Waals surface area contributed by atoms with Crippen LogP contribution in [0.4, 0.5) is 4.79 Å². The highest BCUT2D eigenvalue weighted by Crippen LogP contribution is 2.25. The van der Waals surface area contributed by atoms with Gasteiger partial charge >= 0.3 is 14.0 Å². The van der Waals surface area contributed by atoms with Gasteiger partial charge < -0.3 is 24.5 Å². The summed E-state index contributed by atoms with van der Waals surface area (Å²) in [6.07, 6.45) is -1.25. The fraction of sp³-hybridized carbons (Fsp3) is 0.500. The smallest absolute Gasteiger partial charge is 0.450 e. The molecule has 7 nitrogen and oxygen atoms in total. The Balaban J connectivity index is 0. The molecule has 0 radical (unpaired) electrons. The van der Waals surface area contributed by atoms with Crippen molar-refractivity contribution in [1.29, 1.82) is 0 Å². The maximum Gasteiger partial charge on any atom is 0.505 e. The van der Waals surface area contributed by atoms with Crippen LogP contribution < -0.4 is 0 Å². The molecule has 0 aliphatic rings. The van der Waals surface area contributed by atoms with Crippen molar-refractivity contribution >= 4 is 14.0 Å². The molecule has 0 aromatic carbocycles. The first-order valence-electron chi connectivity index (χ1n) is 1.82. The maximum absolute atomic E-state index is 9.15. The quantitative estimate of drug-likeness (QED) is 0.285. The lowest BCUT2D eigenvalue weighted by Gasteiger charge is -1.82. The van der Waals surface area contributed by atoms with Crippen LogP contribution in [-0.2, 0) is 9.30 Å². The van der Waals surface area contributed by atoms with Crippen molar-refractivity contribution in [1.82, 2.24) is 0 Å². The van der Waals surface area contributed by atoms with E-state index >= 15 is 0 Å². The van der Waals surface area contributed by atoms with E-state index in [2.05, 4.69) is 4.74 Å². The third-order valence-corrected chi connectivity index (χ3v) is 0.175. The lowest BCUT2D eigenvalue weighted by molar-refractivity contribution is 0.113. The Labute approximate surface area is 56.1 Å². The van der Waals surface area contributed by atoms with Gasteiger partial charge in [-0.15, -0.1) is 0 Å². The van der Waals surface area contributed by atoms with Crippen LogP contribution in [0, 0.1) is 0 Å². The summed E-state index contributed by atoms with van der Waals surface area (Å²) in [6.45, 7) is 0. The van der Waals surface area contributed by atoms with Crippen molar-refractivity contribution in [2.24, 2.45) is 0 Å². The molecule has 4 N–H and O–H groups in total. The first kappa shape index (κ1) is 12.1. The molecule has 0 aromatic heterocycles. The summed E-state index contributed by atoms with van der Waals surface area (Å²) in [5.41, 5.74) is 0. The van der Waals surface area contributed by atoms with E-state index < -0.39 is 14.0 Å². The van der Waals surface area contributed by atoms with Crippen molar-refractivity contribution in [3.05, 3.63) is 0 Å². The highest BCUT2D eigenvalue weighted by Gasteiger charge is 2.00. The van der Waals surface area contributed by atoms with E-state index in [1.54, 1.807) is 0 Å². The Morgan fingerprint density at radius 1 is 1.40 bits per heavy atom. The van der Waals surface area contributed by atoms with Gasteiger partial charge in [-0.2, -0.15) is 0 Å². The first-order chi connectivity index (χ1) is 4.27. The summed E-state index contributed by atoms with van der Waals surface area (Å²) in [7, 11) is -3.54. The summed E-state index contributed by atoms with van der Waals surface area (Å²) < 4.78 is 12.5. The molecule has 0 saturated carbocycles. The summed E-state index contributed by atoms with van der Waals surface area (Å²) in [5, 5.41) is 7.50. The molecule has 0 fully saturated rings. The summed E-state index contributed by atoms with van der Waals surface area (Å²) in [5.74, 6) is 0. The lowest BCUT2D eigenvalue weighted by atomic mass is 11.4. The van der Waals surface area contributed by atoms with Crippen molar-refractivity contribution in [2.45, 2.75) is 0 Å². The van der Waals surface area contributed by atoms with Crippen molar-refractivity contribution in [3.63, 3.8) is 0 Å². The molecular formula is C2H7O7P. The van der Waals surface area contributed by atoms with Crippen molar-refractivity contribution in [2.75, 3.05) is 7.11 Å². The predicted molar refractivity (Wildman–Crippen MR) is 29.3 cm³/mol. The molecule has 0 saturated heterocycles. The van der Waals surface area contributed by atoms with Crippen LogP contribution >= 0.6 is 7.82 Å². The average molecular weight is 174 g/mol. The van der Waals surface area contributed by atoms with Gasteiger partial charge in [-0.1, -0.05) is 0 Å². The van der Waals surface area contributed by atoms with Crippen LogP contribution in [-0.4, -0.2) is 33.1 Å². The van der Waals surface area contributed by atoms with E-state index in [1.165, 1.54) is 0 Å². The number of hydrogen-bond donors (Lipinski definition) is 4. The molecule has 62 valence electrons. The van der Waals surface area contributed by atoms with E-state index in [4.69, 9.17) is 29.1 Å². The predicted octanol–water partition coefficient (Wildman–Crippen LogP) is -0.618. The molecule has 0 heterocycles. The number of carbonyl (C=O) groups is 1. The molecule has 0 rings (SSSR count). The molecule has 8 heteroatoms. The molecular weight excluding hydrogens is 167 g/mol. The fourth-order valence-electron chi connectivity index (χ4n) is 0. The van der Waals surface area contributed by atoms with Gasteiger partial charge in [0.1, 0.15) is 0 Å². The van der Waals surface area contributed by atoms with Crippen LogP contribution in [0.3, 0.4) is 0 Å². The monoisotopic (exact) mass is 174 g/mol. The Morgan fingerprint density at radius 2 is 1.50 bits per heavy atom. The first-order valence-corrected chi connectivity index (χ1v) is 3.39. The van der Waals surface area contributed by atoms with Crippen molar-refractivity contribution in [3.8, 4) is 0 Å². The zero-order valence-corrected chi connectivity index (χ0v) is 5.86. The summed E-state index contributed by atoms with van der Waals surface area (Å²) >= 11 is 0. The summed E-state index contributed by atoms with van der Waals surface area (Å²) in [6, 6.07) is 0. The number of methoxy groups -OCH3 is 1. The molecule has 0 amide bonds.